The van der Waals surface area contributed by atoms with Crippen LogP contribution < -0.4 is 18.9 Å². The van der Waals surface area contributed by atoms with Gasteiger partial charge in [0, 0.05) is 22.4 Å². The van der Waals surface area contributed by atoms with E-state index in [1.807, 2.05) is 220 Å². The van der Waals surface area contributed by atoms with Crippen LogP contribution in [0.2, 0.25) is 0 Å². The summed E-state index contributed by atoms with van der Waals surface area (Å²) in [5.41, 5.74) is 8.75. The van der Waals surface area contributed by atoms with Crippen LogP contribution in [-0.4, -0.2) is 224 Å². The first-order valence-corrected chi connectivity index (χ1v) is 48.0. The van der Waals surface area contributed by atoms with E-state index in [1.165, 1.54) is 42.5 Å². The zero-order chi connectivity index (χ0) is 99.6. The summed E-state index contributed by atoms with van der Waals surface area (Å²) in [5.74, 6) is 0.846. The maximum atomic E-state index is 17.8. The smallest absolute Gasteiger partial charge is 0.497 e. The van der Waals surface area contributed by atoms with Gasteiger partial charge in [-0.2, -0.15) is 26.0 Å². The van der Waals surface area contributed by atoms with Crippen molar-refractivity contribution in [2.24, 2.45) is 0 Å². The molecular weight excluding hydrogens is 1910 g/mol. The standard InChI is InChI=1S/C45H47F2N8O7P.C32H31FN4O5.C13H18FN4O2P.C3H3F3O.2C3H7.Ni/c1-7-33-35(46)40(44(59-33)55-25-53-38-27(3)49-23-51-42(38)55)62-63(6)58-21-34-39(36(47)43(60-34)54-24-52-37-26(2)48-22-50-41(37)54)61-45(28-11-9-8-10-12-28,29-13-17-31(56-4)18-14-29)30-15-19-32(57-5)20-16-30;1-20-28-30(35-18-34-20)37(19-36-28)31-27(33)29(26(17-38)41-31)42-32(21-7-5-4-6-8-21,22-9-13-24(39-2)14-10-22)23-11-15-25(40-3)16-12-23;1-4-8-9(14)11(20-21-3)13(19-8)18-6-17-10-7(2)15-5-16-12(10)18;1-2(7)3(4,5)6;2*1-3-2;/h8-20,22-25,33-36,39-40,43-44H,7,21H2,1-6H3;4-16,18-19,26-27,29,31,38H,17H2,1-3H3;5-6,8-9,11,13,21H,4H2,1-3H3;1H3;2*1,3H2,2H3;/q;;;;2*-1;+2/t33?,34-,35+,36+,39?,40?,43-,44?,63?;26-,27+,29?,31-;8?,9-,11?,13?;;;;/m110..../s1. The number of hydrogen-bond donors (Lipinski definition) is 1. The van der Waals surface area contributed by atoms with Crippen molar-refractivity contribution < 1.29 is 118 Å². The van der Waals surface area contributed by atoms with Gasteiger partial charge in [0.15, 0.2) is 80.6 Å². The fraction of sp³-hybridized carbons (Fsp3) is 0.404. The van der Waals surface area contributed by atoms with Crippen LogP contribution in [0.4, 0.5) is 30.7 Å². The van der Waals surface area contributed by atoms with E-state index in [-0.39, 0.29) is 31.9 Å². The van der Waals surface area contributed by atoms with Gasteiger partial charge in [-0.1, -0.05) is 137 Å². The second-order valence-corrected chi connectivity index (χ2v) is 34.5. The number of ketones is 1. The number of rotatable bonds is 28. The van der Waals surface area contributed by atoms with Crippen LogP contribution in [0, 0.1) is 41.5 Å². The summed E-state index contributed by atoms with van der Waals surface area (Å²) in [4.78, 5) is 61.3. The fourth-order valence-electron chi connectivity index (χ4n) is 16.7. The predicted octanol–water partition coefficient (Wildman–Crippen LogP) is 18.6. The molecule has 0 aliphatic carbocycles. The normalized spacial score (nSPS) is 22.4. The van der Waals surface area contributed by atoms with Crippen LogP contribution in [-0.2, 0) is 74.5 Å². The molecule has 6 aromatic carbocycles. The number of hydrogen-bond acceptors (Lipinski definition) is 27. The van der Waals surface area contributed by atoms with Gasteiger partial charge >= 0.3 is 22.7 Å². The van der Waals surface area contributed by atoms with Crippen LogP contribution in [0.25, 0.3) is 44.7 Å². The van der Waals surface area contributed by atoms with Crippen molar-refractivity contribution in [2.75, 3.05) is 55.0 Å². The first-order valence-electron chi connectivity index (χ1n) is 45.0. The number of ether oxygens (including phenoxy) is 10. The average Bonchev–Trinajstić information content (AvgIpc) is 1.42. The Morgan fingerprint density at radius 1 is 0.421 bits per heavy atom. The number of aromatic nitrogens is 16. The number of fused-ring (bicyclic) bond motifs is 4. The molecule has 0 amide bonds. The topological polar surface area (TPSA) is 332 Å². The number of aliphatic hydroxyl groups is 1. The zero-order valence-corrected chi connectivity index (χ0v) is 82.6. The Bertz CT molecular complexity index is 6190. The molecule has 41 heteroatoms. The van der Waals surface area contributed by atoms with Gasteiger partial charge in [-0.15, -0.1) is 0 Å². The van der Waals surface area contributed by atoms with Gasteiger partial charge in [0.05, 0.1) is 102 Å². The molecule has 0 spiro atoms. The summed E-state index contributed by atoms with van der Waals surface area (Å²) in [6.07, 6.45) is -7.04. The van der Waals surface area contributed by atoms with Crippen LogP contribution >= 0.6 is 17.2 Å². The van der Waals surface area contributed by atoms with Crippen molar-refractivity contribution in [1.82, 2.24) is 78.1 Å². The Kier molecular flexibility index (Phi) is 37.7. The molecule has 0 saturated carbocycles. The largest absolute Gasteiger partial charge is 2.00 e. The Balaban J connectivity index is 0.000000194. The van der Waals surface area contributed by atoms with Gasteiger partial charge in [0.25, 0.3) is 0 Å². The Morgan fingerprint density at radius 2 is 0.700 bits per heavy atom. The second-order valence-electron chi connectivity index (χ2n) is 32.5. The molecule has 18 rings (SSSR count). The van der Waals surface area contributed by atoms with Crippen molar-refractivity contribution in [3.05, 3.63) is 278 Å². The van der Waals surface area contributed by atoms with E-state index >= 15 is 13.2 Å². The number of benzene rings is 6. The van der Waals surface area contributed by atoms with E-state index in [0.717, 1.165) is 40.8 Å². The minimum Gasteiger partial charge on any atom is -0.497 e. The fourth-order valence-corrected chi connectivity index (χ4v) is 18.2. The molecule has 12 heterocycles. The number of methoxy groups -OCH3 is 4. The predicted molar refractivity (Wildman–Crippen MR) is 508 cm³/mol. The second kappa shape index (κ2) is 49.0. The minimum atomic E-state index is -4.64. The van der Waals surface area contributed by atoms with E-state index in [9.17, 15) is 27.5 Å². The summed E-state index contributed by atoms with van der Waals surface area (Å²) >= 11 is 0. The summed E-state index contributed by atoms with van der Waals surface area (Å²) in [6, 6.07) is 49.1. The van der Waals surface area contributed by atoms with Gasteiger partial charge in [-0.25, -0.2) is 77.4 Å². The number of nitrogens with zero attached hydrogens (tertiary/aromatic N) is 16. The molecule has 4 aliphatic heterocycles. The molecule has 14 aromatic rings. The Morgan fingerprint density at radius 3 is 0.993 bits per heavy atom. The van der Waals surface area contributed by atoms with Crippen molar-refractivity contribution in [2.45, 2.75) is 204 Å². The van der Waals surface area contributed by atoms with Crippen LogP contribution in [0.1, 0.15) is 141 Å². The first kappa shape index (κ1) is 108. The minimum absolute atomic E-state index is 0. The number of carbonyl (C=O) groups is 1. The Labute approximate surface area is 819 Å². The van der Waals surface area contributed by atoms with Crippen LogP contribution in [0.15, 0.2) is 208 Å². The van der Waals surface area contributed by atoms with Gasteiger partial charge < -0.3 is 79.9 Å². The van der Waals surface area contributed by atoms with Crippen molar-refractivity contribution in [1.29, 1.82) is 0 Å². The maximum Gasteiger partial charge on any atom is 2.00 e. The summed E-state index contributed by atoms with van der Waals surface area (Å²) < 4.78 is 184. The molecule has 0 bridgehead atoms. The Hall–Kier alpha value is -11.1. The number of aliphatic hydroxyl groups excluding tert-OH is 1. The molecule has 10 unspecified atom stereocenters. The van der Waals surface area contributed by atoms with Crippen LogP contribution in [0.5, 0.6) is 23.0 Å². The first-order chi connectivity index (χ1) is 67.1. The molecule has 0 radical (unpaired) electrons. The molecule has 748 valence electrons. The number of Topliss-reactive ketones (excluding diaryl/α,β-unsaturated/α-hetero) is 1. The molecule has 8 aromatic heterocycles. The summed E-state index contributed by atoms with van der Waals surface area (Å²) in [5, 5.41) is 10.4. The molecule has 4 saturated heterocycles. The third-order valence-electron chi connectivity index (χ3n) is 23.6. The van der Waals surface area contributed by atoms with E-state index in [0.29, 0.717) is 116 Å². The molecule has 31 nitrogen and oxygen atoms in total. The van der Waals surface area contributed by atoms with E-state index in [4.69, 9.17) is 60.9 Å². The number of aryl methyl sites for hydroxylation is 4. The summed E-state index contributed by atoms with van der Waals surface area (Å²) in [6.45, 7) is 25.5. The van der Waals surface area contributed by atoms with Gasteiger partial charge in [-0.05, 0) is 129 Å². The third-order valence-corrected chi connectivity index (χ3v) is 25.2. The molecule has 4 fully saturated rings. The van der Waals surface area contributed by atoms with E-state index in [1.54, 1.807) is 61.5 Å². The third kappa shape index (κ3) is 23.1. The molecular formula is C99H113F7N16NiO15P2. The average molecular weight is 2020 g/mol. The van der Waals surface area contributed by atoms with Crippen LogP contribution in [0.3, 0.4) is 0 Å². The monoisotopic (exact) mass is 2020 g/mol. The molecule has 1 N–H and O–H groups in total. The zero-order valence-electron chi connectivity index (χ0n) is 79.8. The van der Waals surface area contributed by atoms with Crippen molar-refractivity contribution in [3.8, 4) is 23.0 Å². The van der Waals surface area contributed by atoms with Crippen molar-refractivity contribution >= 4 is 67.6 Å². The van der Waals surface area contributed by atoms with E-state index < -0.39 is 137 Å². The summed E-state index contributed by atoms with van der Waals surface area (Å²) in [7, 11) is 4.76. The molecule has 140 heavy (non-hydrogen) atoms. The van der Waals surface area contributed by atoms with Gasteiger partial charge in [0.2, 0.25) is 5.78 Å². The van der Waals surface area contributed by atoms with Crippen molar-refractivity contribution in [3.63, 3.8) is 0 Å². The van der Waals surface area contributed by atoms with Gasteiger partial charge in [0.1, 0.15) is 118 Å². The molecule has 18 atom stereocenters. The SMILES string of the molecule is CC(=O)C(F)(F)F.CCC1OC(n2cnc3c(C)ncnc32)C(OP(C)OC[C@H]2O[C@@H](n3cnc4c(C)ncnc43)[C@@H](F)C2OC(c2ccccc2)(c2ccc(OC)cc2)c2ccc(OC)cc2)[C@H]1F.CCC1OC(n2cnc3c(C)ncnc32)C(OPC)[C@H]1F.COc1ccc(C(OC2[C@@H](CO)O[C@@H](n3cnc4c(C)ncnc43)[C@H]2F)(c2ccccc2)c2ccc(OC)cc2)cc1.[CH2-]CC.[CH2-]CC.[Ni+2]. The number of carbonyl (C=O) groups excluding carboxylic acids is 1. The van der Waals surface area contributed by atoms with E-state index in [2.05, 4.69) is 73.7 Å². The number of halogens is 7. The maximum absolute atomic E-state index is 17.8. The quantitative estimate of drug-likeness (QED) is 0.0156. The molecule has 4 aliphatic rings. The van der Waals surface area contributed by atoms with Gasteiger partial charge in [-0.3, -0.25) is 23.1 Å². The number of alkyl halides is 7. The number of imidazole rings is 4.